The highest BCUT2D eigenvalue weighted by Gasteiger charge is 2.17. The molecule has 0 spiro atoms. The number of aromatic nitrogens is 2. The van der Waals surface area contributed by atoms with Gasteiger partial charge in [-0.05, 0) is 36.6 Å². The van der Waals surface area contributed by atoms with Crippen LogP contribution in [-0.2, 0) is 17.8 Å². The average Bonchev–Trinajstić information content (AvgIpc) is 2.78. The maximum absolute atomic E-state index is 12.6. The van der Waals surface area contributed by atoms with Gasteiger partial charge in [-0.25, -0.2) is 4.68 Å². The van der Waals surface area contributed by atoms with Crippen LogP contribution in [0.3, 0.4) is 0 Å². The molecule has 1 heterocycles. The first-order valence-electron chi connectivity index (χ1n) is 9.84. The van der Waals surface area contributed by atoms with Crippen LogP contribution >= 0.6 is 0 Å². The molecule has 0 aliphatic rings. The lowest BCUT2D eigenvalue weighted by molar-refractivity contribution is -0.123. The van der Waals surface area contributed by atoms with Gasteiger partial charge in [-0.15, -0.1) is 0 Å². The highest BCUT2D eigenvalue weighted by Crippen LogP contribution is 2.14. The van der Waals surface area contributed by atoms with Crippen molar-refractivity contribution in [2.24, 2.45) is 0 Å². The van der Waals surface area contributed by atoms with Crippen LogP contribution in [0.25, 0.3) is 10.8 Å². The van der Waals surface area contributed by atoms with Crippen molar-refractivity contribution in [3.63, 3.8) is 0 Å². The Balaban J connectivity index is 1.68. The Hall–Kier alpha value is -3.68. The summed E-state index contributed by atoms with van der Waals surface area (Å²) in [5.41, 5.74) is 5.57. The molecule has 8 heteroatoms. The van der Waals surface area contributed by atoms with E-state index in [4.69, 9.17) is 4.74 Å². The highest BCUT2D eigenvalue weighted by atomic mass is 16.5. The fraction of sp³-hybridized carbons (Fsp3) is 0.273. The number of carbonyl (C=O) groups excluding carboxylic acids is 2. The van der Waals surface area contributed by atoms with Crippen LogP contribution in [0.4, 0.5) is 0 Å². The van der Waals surface area contributed by atoms with Gasteiger partial charge in [0.2, 0.25) is 0 Å². The molecule has 0 saturated heterocycles. The van der Waals surface area contributed by atoms with E-state index in [1.54, 1.807) is 30.3 Å². The van der Waals surface area contributed by atoms with Crippen molar-refractivity contribution in [2.75, 3.05) is 6.61 Å². The largest absolute Gasteiger partial charge is 0.484 e. The number of amides is 2. The van der Waals surface area contributed by atoms with Crippen molar-refractivity contribution in [3.05, 3.63) is 70.1 Å². The molecule has 0 aliphatic heterocycles. The molecule has 3 aromatic rings. The number of benzene rings is 2. The fourth-order valence-corrected chi connectivity index (χ4v) is 2.99. The van der Waals surface area contributed by atoms with E-state index in [1.807, 2.05) is 32.0 Å². The first-order valence-corrected chi connectivity index (χ1v) is 9.84. The topological polar surface area (TPSA) is 102 Å². The maximum atomic E-state index is 12.6. The number of carbonyl (C=O) groups is 2. The van der Waals surface area contributed by atoms with E-state index in [0.29, 0.717) is 29.5 Å². The Bertz CT molecular complexity index is 1120. The van der Waals surface area contributed by atoms with Gasteiger partial charge >= 0.3 is 0 Å². The molecule has 2 aromatic carbocycles. The number of hydrazine groups is 1. The number of nitrogens with one attached hydrogen (secondary N) is 2. The predicted molar refractivity (Wildman–Crippen MR) is 113 cm³/mol. The predicted octanol–water partition coefficient (Wildman–Crippen LogP) is 2.21. The van der Waals surface area contributed by atoms with Crippen LogP contribution in [0.2, 0.25) is 0 Å². The SMILES string of the molecule is CCCn1nc(C(=O)NNC(=O)COc2cccc(CC)c2)c2ccccc2c1=O. The molecule has 8 nitrogen and oxygen atoms in total. The number of fused-ring (bicyclic) bond motifs is 1. The molecule has 2 amide bonds. The number of aryl methyl sites for hydroxylation is 2. The molecule has 0 saturated carbocycles. The highest BCUT2D eigenvalue weighted by molar-refractivity contribution is 6.05. The van der Waals surface area contributed by atoms with Crippen molar-refractivity contribution in [1.82, 2.24) is 20.6 Å². The number of hydrogen-bond donors (Lipinski definition) is 2. The zero-order valence-corrected chi connectivity index (χ0v) is 17.0. The van der Waals surface area contributed by atoms with Crippen molar-refractivity contribution in [3.8, 4) is 5.75 Å². The second-order valence-corrected chi connectivity index (χ2v) is 6.71. The van der Waals surface area contributed by atoms with E-state index >= 15 is 0 Å². The fourth-order valence-electron chi connectivity index (χ4n) is 2.99. The molecular weight excluding hydrogens is 384 g/mol. The van der Waals surface area contributed by atoms with Crippen LogP contribution in [-0.4, -0.2) is 28.2 Å². The number of nitrogens with zero attached hydrogens (tertiary/aromatic N) is 2. The Labute approximate surface area is 173 Å². The van der Waals surface area contributed by atoms with E-state index in [-0.39, 0.29) is 17.9 Å². The molecule has 0 aliphatic carbocycles. The molecular formula is C22H24N4O4. The summed E-state index contributed by atoms with van der Waals surface area (Å²) < 4.78 is 6.73. The lowest BCUT2D eigenvalue weighted by Gasteiger charge is -2.12. The zero-order valence-electron chi connectivity index (χ0n) is 17.0. The minimum Gasteiger partial charge on any atom is -0.484 e. The number of ether oxygens (including phenoxy) is 1. The monoisotopic (exact) mass is 408 g/mol. The smallest absolute Gasteiger partial charge is 0.290 e. The first-order chi connectivity index (χ1) is 14.5. The third kappa shape index (κ3) is 4.83. The van der Waals surface area contributed by atoms with E-state index in [9.17, 15) is 14.4 Å². The molecule has 1 aromatic heterocycles. The third-order valence-electron chi connectivity index (χ3n) is 4.51. The van der Waals surface area contributed by atoms with E-state index < -0.39 is 11.8 Å². The van der Waals surface area contributed by atoms with Gasteiger partial charge < -0.3 is 4.74 Å². The van der Waals surface area contributed by atoms with Gasteiger partial charge in [0.1, 0.15) is 5.75 Å². The van der Waals surface area contributed by atoms with Crippen molar-refractivity contribution in [1.29, 1.82) is 0 Å². The summed E-state index contributed by atoms with van der Waals surface area (Å²) >= 11 is 0. The summed E-state index contributed by atoms with van der Waals surface area (Å²) in [6.07, 6.45) is 1.56. The van der Waals surface area contributed by atoms with Crippen molar-refractivity contribution in [2.45, 2.75) is 33.2 Å². The Morgan fingerprint density at radius 2 is 1.80 bits per heavy atom. The lowest BCUT2D eigenvalue weighted by Crippen LogP contribution is -2.44. The van der Waals surface area contributed by atoms with Crippen LogP contribution in [0, 0.1) is 0 Å². The Morgan fingerprint density at radius 1 is 1.03 bits per heavy atom. The molecule has 0 bridgehead atoms. The standard InChI is InChI=1S/C22H24N4O4/c1-3-12-26-22(29)18-11-6-5-10-17(18)20(25-26)21(28)24-23-19(27)14-30-16-9-7-8-15(4-2)13-16/h5-11,13H,3-4,12,14H2,1-2H3,(H,23,27)(H,24,28). The molecule has 2 N–H and O–H groups in total. The molecule has 0 fully saturated rings. The molecule has 156 valence electrons. The second-order valence-electron chi connectivity index (χ2n) is 6.71. The lowest BCUT2D eigenvalue weighted by atomic mass is 10.1. The van der Waals surface area contributed by atoms with Crippen molar-refractivity contribution < 1.29 is 14.3 Å². The molecule has 0 unspecified atom stereocenters. The van der Waals surface area contributed by atoms with Gasteiger partial charge in [-0.3, -0.25) is 25.2 Å². The van der Waals surface area contributed by atoms with Gasteiger partial charge in [0.25, 0.3) is 17.4 Å². The summed E-state index contributed by atoms with van der Waals surface area (Å²) in [5.74, 6) is -0.552. The summed E-state index contributed by atoms with van der Waals surface area (Å²) in [6, 6.07) is 14.2. The van der Waals surface area contributed by atoms with E-state index in [1.165, 1.54) is 4.68 Å². The van der Waals surface area contributed by atoms with Crippen LogP contribution in [0.1, 0.15) is 36.3 Å². The minimum absolute atomic E-state index is 0.0653. The van der Waals surface area contributed by atoms with Gasteiger partial charge in [0.05, 0.1) is 5.39 Å². The van der Waals surface area contributed by atoms with Crippen molar-refractivity contribution >= 4 is 22.6 Å². The minimum atomic E-state index is -0.614. The Kier molecular flexibility index (Phi) is 6.79. The van der Waals surface area contributed by atoms with Gasteiger partial charge in [0, 0.05) is 11.9 Å². The summed E-state index contributed by atoms with van der Waals surface area (Å²) in [7, 11) is 0. The maximum Gasteiger partial charge on any atom is 0.290 e. The summed E-state index contributed by atoms with van der Waals surface area (Å²) in [5, 5.41) is 5.02. The van der Waals surface area contributed by atoms with Crippen LogP contribution < -0.4 is 21.1 Å². The van der Waals surface area contributed by atoms with Gasteiger partial charge in [-0.2, -0.15) is 5.10 Å². The molecule has 30 heavy (non-hydrogen) atoms. The Morgan fingerprint density at radius 3 is 2.53 bits per heavy atom. The number of hydrogen-bond acceptors (Lipinski definition) is 5. The molecule has 0 atom stereocenters. The second kappa shape index (κ2) is 9.69. The number of rotatable bonds is 7. The average molecular weight is 408 g/mol. The molecule has 3 rings (SSSR count). The quantitative estimate of drug-likeness (QED) is 0.584. The van der Waals surface area contributed by atoms with Gasteiger partial charge in [0.15, 0.2) is 12.3 Å². The normalized spacial score (nSPS) is 10.6. The summed E-state index contributed by atoms with van der Waals surface area (Å²) in [4.78, 5) is 37.2. The zero-order chi connectivity index (χ0) is 21.5. The van der Waals surface area contributed by atoms with Crippen LogP contribution in [0.15, 0.2) is 53.3 Å². The van der Waals surface area contributed by atoms with E-state index in [2.05, 4.69) is 16.0 Å². The van der Waals surface area contributed by atoms with Gasteiger partial charge in [-0.1, -0.05) is 44.2 Å². The summed E-state index contributed by atoms with van der Waals surface area (Å²) in [6.45, 7) is 4.08. The van der Waals surface area contributed by atoms with E-state index in [0.717, 1.165) is 12.0 Å². The first kappa shape index (κ1) is 21.0. The molecule has 0 radical (unpaired) electrons. The third-order valence-corrected chi connectivity index (χ3v) is 4.51. The van der Waals surface area contributed by atoms with Crippen LogP contribution in [0.5, 0.6) is 5.75 Å².